The number of nitrogens with two attached hydrogens (primary N) is 1. The van der Waals surface area contributed by atoms with Gasteiger partial charge in [0.05, 0.1) is 21.8 Å². The number of thiol groups is 1. The Labute approximate surface area is 301 Å². The summed E-state index contributed by atoms with van der Waals surface area (Å²) in [6.45, 7) is 0. The molecule has 51 heavy (non-hydrogen) atoms. The first-order valence-corrected chi connectivity index (χ1v) is 18.0. The molecular formula is C45H29N3OS2. The number of nitrogens with one attached hydrogen (secondary N) is 1. The molecule has 6 heteroatoms. The van der Waals surface area contributed by atoms with E-state index in [1.807, 2.05) is 47.7 Å². The molecule has 11 aromatic rings. The predicted octanol–water partition coefficient (Wildman–Crippen LogP) is 12.4. The van der Waals surface area contributed by atoms with Gasteiger partial charge in [0.2, 0.25) is 0 Å². The van der Waals surface area contributed by atoms with Crippen molar-refractivity contribution < 1.29 is 4.42 Å². The van der Waals surface area contributed by atoms with Crippen LogP contribution >= 0.6 is 24.0 Å². The van der Waals surface area contributed by atoms with Crippen molar-refractivity contribution in [2.24, 2.45) is 0 Å². The molecule has 8 aromatic carbocycles. The number of hydrogen-bond donors (Lipinski definition) is 3. The van der Waals surface area contributed by atoms with E-state index in [1.165, 1.54) is 63.5 Å². The molecular weight excluding hydrogens is 663 g/mol. The summed E-state index contributed by atoms with van der Waals surface area (Å²) in [7, 11) is 0. The molecule has 0 bridgehead atoms. The van der Waals surface area contributed by atoms with Crippen LogP contribution in [0, 0.1) is 5.41 Å². The second kappa shape index (κ2) is 11.5. The molecule has 3 heterocycles. The molecule has 3 N–H and O–H groups in total. The minimum Gasteiger partial charge on any atom is -0.456 e. The number of thiophene rings is 1. The fourth-order valence-electron chi connectivity index (χ4n) is 7.71. The Morgan fingerprint density at radius 3 is 1.96 bits per heavy atom. The van der Waals surface area contributed by atoms with Crippen LogP contribution in [0.4, 0.5) is 5.69 Å². The zero-order valence-corrected chi connectivity index (χ0v) is 28.9. The molecule has 242 valence electrons. The van der Waals surface area contributed by atoms with Crippen molar-refractivity contribution in [1.29, 1.82) is 5.41 Å². The number of aromatic nitrogens is 1. The van der Waals surface area contributed by atoms with Crippen molar-refractivity contribution in [3.8, 4) is 5.69 Å². The summed E-state index contributed by atoms with van der Waals surface area (Å²) in [6, 6.07) is 52.7. The van der Waals surface area contributed by atoms with Crippen LogP contribution in [0.2, 0.25) is 0 Å². The topological polar surface area (TPSA) is 67.9 Å². The van der Waals surface area contributed by atoms with E-state index in [2.05, 4.69) is 126 Å². The maximum absolute atomic E-state index is 8.13. The van der Waals surface area contributed by atoms with Gasteiger partial charge >= 0.3 is 0 Å². The summed E-state index contributed by atoms with van der Waals surface area (Å²) in [5, 5.41) is 20.6. The summed E-state index contributed by atoms with van der Waals surface area (Å²) in [6.07, 6.45) is 0. The second-order valence-corrected chi connectivity index (χ2v) is 14.4. The highest BCUT2D eigenvalue weighted by molar-refractivity contribution is 7.80. The van der Waals surface area contributed by atoms with Gasteiger partial charge in [0.15, 0.2) is 0 Å². The van der Waals surface area contributed by atoms with Crippen LogP contribution in [-0.4, -0.2) is 4.57 Å². The third-order valence-corrected chi connectivity index (χ3v) is 11.4. The highest BCUT2D eigenvalue weighted by Crippen LogP contribution is 2.43. The van der Waals surface area contributed by atoms with E-state index in [1.54, 1.807) is 6.07 Å². The number of anilines is 1. The molecule has 0 aliphatic carbocycles. The van der Waals surface area contributed by atoms with Crippen LogP contribution in [-0.2, 0) is 0 Å². The van der Waals surface area contributed by atoms with Crippen LogP contribution in [0.1, 0.15) is 0 Å². The number of rotatable bonds is 1. The van der Waals surface area contributed by atoms with Gasteiger partial charge in [-0.1, -0.05) is 78.9 Å². The summed E-state index contributed by atoms with van der Waals surface area (Å²) in [5.41, 5.74) is 11.4. The smallest absolute Gasteiger partial charge is 0.138 e. The van der Waals surface area contributed by atoms with Crippen LogP contribution in [0.5, 0.6) is 0 Å². The van der Waals surface area contributed by atoms with E-state index in [9.17, 15) is 0 Å². The van der Waals surface area contributed by atoms with Crippen LogP contribution in [0.15, 0.2) is 161 Å². The van der Waals surface area contributed by atoms with Crippen LogP contribution in [0.25, 0.3) is 91.1 Å². The van der Waals surface area contributed by atoms with Crippen molar-refractivity contribution >= 4 is 115 Å². The Bertz CT molecular complexity index is 3240. The molecule has 0 saturated carbocycles. The average Bonchev–Trinajstić information content (AvgIpc) is 3.72. The van der Waals surface area contributed by atoms with Crippen molar-refractivity contribution in [3.05, 3.63) is 157 Å². The van der Waals surface area contributed by atoms with E-state index in [4.69, 9.17) is 15.6 Å². The summed E-state index contributed by atoms with van der Waals surface area (Å²) in [5.74, 6) is 0. The van der Waals surface area contributed by atoms with Gasteiger partial charge in [-0.25, -0.2) is 0 Å². The second-order valence-electron chi connectivity index (χ2n) is 12.8. The number of fused-ring (bicyclic) bond motifs is 13. The van der Waals surface area contributed by atoms with E-state index in [-0.39, 0.29) is 0 Å². The fraction of sp³-hybridized carbons (Fsp3) is 0. The lowest BCUT2D eigenvalue weighted by Crippen LogP contribution is -2.05. The van der Waals surface area contributed by atoms with Crippen LogP contribution in [0.3, 0.4) is 0 Å². The molecule has 0 radical (unpaired) electrons. The molecule has 0 fully saturated rings. The van der Waals surface area contributed by atoms with Gasteiger partial charge in [-0.3, -0.25) is 5.41 Å². The molecule has 0 spiro atoms. The first-order valence-electron chi connectivity index (χ1n) is 16.8. The third-order valence-electron chi connectivity index (χ3n) is 9.96. The largest absolute Gasteiger partial charge is 0.456 e. The standard InChI is InChI=1S/C32H19NS2.C13H10N2O/c34-20-11-9-19(10-12-20)33-27-7-3-1-5-25(27)31-23-13-14-24-22(21(23)15-17-28(31)33)16-18-30-32(24)26-6-2-4-8-29(26)35-30;14-9-5-3-7-11-12(9)13(15)8-4-1-2-6-10(8)16-11/h1-18,34H;1-7,15H,14H2. The van der Waals surface area contributed by atoms with Gasteiger partial charge in [0.25, 0.3) is 0 Å². The van der Waals surface area contributed by atoms with E-state index < -0.39 is 0 Å². The van der Waals surface area contributed by atoms with Crippen molar-refractivity contribution in [2.75, 3.05) is 5.73 Å². The lowest BCUT2D eigenvalue weighted by atomic mass is 9.96. The maximum Gasteiger partial charge on any atom is 0.138 e. The minimum absolute atomic E-state index is 0.426. The van der Waals surface area contributed by atoms with Crippen molar-refractivity contribution in [1.82, 2.24) is 4.57 Å². The number of nitrogens with zero attached hydrogens (tertiary/aromatic N) is 1. The molecule has 11 rings (SSSR count). The number of hydrogen-bond acceptors (Lipinski definition) is 5. The Hall–Kier alpha value is -6.08. The highest BCUT2D eigenvalue weighted by Gasteiger charge is 2.17. The summed E-state index contributed by atoms with van der Waals surface area (Å²) >= 11 is 6.37. The molecule has 0 aliphatic heterocycles. The molecule has 0 aliphatic rings. The highest BCUT2D eigenvalue weighted by atomic mass is 32.1. The maximum atomic E-state index is 8.13. The Balaban J connectivity index is 0.000000171. The van der Waals surface area contributed by atoms with Crippen LogP contribution < -0.4 is 11.1 Å². The minimum atomic E-state index is 0.426. The monoisotopic (exact) mass is 691 g/mol. The third kappa shape index (κ3) is 4.57. The molecule has 4 nitrogen and oxygen atoms in total. The predicted molar refractivity (Wildman–Crippen MR) is 220 cm³/mol. The van der Waals surface area contributed by atoms with Crippen molar-refractivity contribution in [2.45, 2.75) is 4.90 Å². The zero-order valence-electron chi connectivity index (χ0n) is 27.2. The van der Waals surface area contributed by atoms with Crippen molar-refractivity contribution in [3.63, 3.8) is 0 Å². The van der Waals surface area contributed by atoms with Gasteiger partial charge in [-0.15, -0.1) is 24.0 Å². The quantitative estimate of drug-likeness (QED) is 0.0694. The first-order chi connectivity index (χ1) is 25.0. The van der Waals surface area contributed by atoms with E-state index >= 15 is 0 Å². The number of para-hydroxylation sites is 2. The normalized spacial score (nSPS) is 11.8. The van der Waals surface area contributed by atoms with Gasteiger partial charge in [0.1, 0.15) is 11.2 Å². The molecule has 0 atom stereocenters. The lowest BCUT2D eigenvalue weighted by Gasteiger charge is -2.10. The fourth-order valence-corrected chi connectivity index (χ4v) is 8.98. The lowest BCUT2D eigenvalue weighted by molar-refractivity contribution is 0.659. The Morgan fingerprint density at radius 2 is 1.14 bits per heavy atom. The molecule has 0 saturated heterocycles. The molecule has 3 aromatic heterocycles. The molecule has 0 unspecified atom stereocenters. The zero-order chi connectivity index (χ0) is 34.2. The average molecular weight is 692 g/mol. The number of benzene rings is 8. The van der Waals surface area contributed by atoms with E-state index in [0.29, 0.717) is 27.6 Å². The summed E-state index contributed by atoms with van der Waals surface area (Å²) < 4.78 is 10.8. The van der Waals surface area contributed by atoms with Gasteiger partial charge in [0, 0.05) is 52.6 Å². The Kier molecular flexibility index (Phi) is 6.71. The Morgan fingerprint density at radius 1 is 0.490 bits per heavy atom. The first kappa shape index (κ1) is 29.8. The SMILES string of the molecule is N=c1c2ccccc2oc2cccc(N)c12.Sc1ccc(-n2c3ccccc3c3c4ccc5c(ccc6sc7ccccc7c65)c4ccc32)cc1. The molecule has 0 amide bonds. The van der Waals surface area contributed by atoms with E-state index in [0.717, 1.165) is 16.0 Å². The number of nitrogen functional groups attached to an aromatic ring is 1. The van der Waals surface area contributed by atoms with Gasteiger partial charge in [-0.05, 0) is 94.3 Å². The van der Waals surface area contributed by atoms with Gasteiger partial charge < -0.3 is 14.7 Å². The van der Waals surface area contributed by atoms with Gasteiger partial charge in [-0.2, -0.15) is 0 Å². The summed E-state index contributed by atoms with van der Waals surface area (Å²) in [4.78, 5) is 0.971.